The van der Waals surface area contributed by atoms with E-state index in [2.05, 4.69) is 15.1 Å². The van der Waals surface area contributed by atoms with Crippen LogP contribution < -0.4 is 5.32 Å². The van der Waals surface area contributed by atoms with E-state index in [0.29, 0.717) is 5.41 Å². The van der Waals surface area contributed by atoms with E-state index in [4.69, 9.17) is 0 Å². The van der Waals surface area contributed by atoms with E-state index in [1.807, 2.05) is 0 Å². The fourth-order valence-corrected chi connectivity index (χ4v) is 5.44. The second-order valence-electron chi connectivity index (χ2n) is 8.26. The Morgan fingerprint density at radius 3 is 2.64 bits per heavy atom. The molecule has 4 aliphatic rings. The molecule has 4 fully saturated rings. The van der Waals surface area contributed by atoms with Gasteiger partial charge in [-0.25, -0.2) is 0 Å². The summed E-state index contributed by atoms with van der Waals surface area (Å²) in [6.07, 6.45) is 10.3. The molecule has 22 heavy (non-hydrogen) atoms. The molecule has 0 aromatic heterocycles. The summed E-state index contributed by atoms with van der Waals surface area (Å²) in [4.78, 5) is 17.0. The molecule has 0 saturated carbocycles. The third-order valence-corrected chi connectivity index (χ3v) is 6.83. The lowest BCUT2D eigenvalue weighted by Gasteiger charge is -2.47. The molecule has 4 aliphatic heterocycles. The monoisotopic (exact) mass is 305 g/mol. The molecule has 1 N–H and O–H groups in total. The van der Waals surface area contributed by atoms with Crippen LogP contribution in [0.5, 0.6) is 0 Å². The molecular weight excluding hydrogens is 274 g/mol. The summed E-state index contributed by atoms with van der Waals surface area (Å²) in [6.45, 7) is 7.34. The number of carbonyl (C=O) groups is 1. The number of likely N-dealkylation sites (tertiary alicyclic amines) is 1. The van der Waals surface area contributed by atoms with Gasteiger partial charge in [0.25, 0.3) is 0 Å². The molecule has 1 amide bonds. The molecule has 4 heteroatoms. The van der Waals surface area contributed by atoms with Gasteiger partial charge in [-0.3, -0.25) is 4.79 Å². The van der Waals surface area contributed by atoms with E-state index >= 15 is 0 Å². The van der Waals surface area contributed by atoms with Crippen LogP contribution in [0.25, 0.3) is 0 Å². The molecule has 0 aliphatic carbocycles. The van der Waals surface area contributed by atoms with E-state index in [1.54, 1.807) is 0 Å². The van der Waals surface area contributed by atoms with Gasteiger partial charge in [0.05, 0.1) is 0 Å². The first kappa shape index (κ1) is 14.9. The maximum atomic E-state index is 11.5. The minimum atomic E-state index is 0.276. The summed E-state index contributed by atoms with van der Waals surface area (Å²) < 4.78 is 0. The Morgan fingerprint density at radius 1 is 1.05 bits per heavy atom. The number of nitrogens with zero attached hydrogens (tertiary/aromatic N) is 2. The molecule has 0 unspecified atom stereocenters. The predicted molar refractivity (Wildman–Crippen MR) is 87.7 cm³/mol. The molecule has 0 radical (unpaired) electrons. The van der Waals surface area contributed by atoms with Gasteiger partial charge < -0.3 is 15.1 Å². The highest BCUT2D eigenvalue weighted by Crippen LogP contribution is 2.38. The molecule has 4 nitrogen and oxygen atoms in total. The largest absolute Gasteiger partial charge is 0.356 e. The van der Waals surface area contributed by atoms with E-state index in [1.165, 1.54) is 77.7 Å². The van der Waals surface area contributed by atoms with Crippen molar-refractivity contribution < 1.29 is 4.79 Å². The summed E-state index contributed by atoms with van der Waals surface area (Å²) in [5.74, 6) is 1.17. The topological polar surface area (TPSA) is 35.6 Å². The van der Waals surface area contributed by atoms with Crippen LogP contribution in [0, 0.1) is 11.3 Å². The zero-order chi connectivity index (χ0) is 15.0. The van der Waals surface area contributed by atoms with E-state index in [0.717, 1.165) is 24.9 Å². The van der Waals surface area contributed by atoms with Crippen LogP contribution in [0.2, 0.25) is 0 Å². The van der Waals surface area contributed by atoms with E-state index in [-0.39, 0.29) is 5.91 Å². The Labute approximate surface area is 134 Å². The van der Waals surface area contributed by atoms with Crippen LogP contribution in [-0.2, 0) is 4.79 Å². The molecule has 4 heterocycles. The van der Waals surface area contributed by atoms with Crippen molar-refractivity contribution >= 4 is 5.91 Å². The second kappa shape index (κ2) is 6.12. The van der Waals surface area contributed by atoms with Crippen molar-refractivity contribution in [1.29, 1.82) is 0 Å². The molecule has 1 spiro atoms. The van der Waals surface area contributed by atoms with Gasteiger partial charge in [-0.2, -0.15) is 0 Å². The number of carbonyl (C=O) groups excluding carboxylic acids is 1. The number of hydrogen-bond acceptors (Lipinski definition) is 3. The third kappa shape index (κ3) is 2.92. The zero-order valence-corrected chi connectivity index (χ0v) is 13.9. The highest BCUT2D eigenvalue weighted by molar-refractivity contribution is 5.79. The molecular formula is C18H31N3O. The molecule has 4 rings (SSSR count). The van der Waals surface area contributed by atoms with Gasteiger partial charge in [-0.05, 0) is 76.0 Å². The van der Waals surface area contributed by atoms with E-state index < -0.39 is 0 Å². The summed E-state index contributed by atoms with van der Waals surface area (Å²) in [6, 6.07) is 0.869. The highest BCUT2D eigenvalue weighted by atomic mass is 16.1. The van der Waals surface area contributed by atoms with Gasteiger partial charge >= 0.3 is 0 Å². The van der Waals surface area contributed by atoms with Crippen LogP contribution in [-0.4, -0.2) is 61.0 Å². The lowest BCUT2D eigenvalue weighted by atomic mass is 9.77. The van der Waals surface area contributed by atoms with Crippen molar-refractivity contribution in [2.75, 3.05) is 39.3 Å². The summed E-state index contributed by atoms with van der Waals surface area (Å²) >= 11 is 0. The Bertz CT molecular complexity index is 415. The third-order valence-electron chi connectivity index (χ3n) is 6.83. The number of fused-ring (bicyclic) bond motifs is 1. The average molecular weight is 305 g/mol. The Hall–Kier alpha value is -0.610. The van der Waals surface area contributed by atoms with Gasteiger partial charge in [0.2, 0.25) is 5.91 Å². The van der Waals surface area contributed by atoms with Crippen molar-refractivity contribution in [2.24, 2.45) is 11.3 Å². The molecule has 0 aromatic rings. The van der Waals surface area contributed by atoms with E-state index in [9.17, 15) is 4.79 Å². The lowest BCUT2D eigenvalue weighted by molar-refractivity contribution is -0.119. The second-order valence-corrected chi connectivity index (χ2v) is 8.26. The molecule has 4 saturated heterocycles. The zero-order valence-electron chi connectivity index (χ0n) is 13.9. The lowest BCUT2D eigenvalue weighted by Crippen LogP contribution is -2.52. The number of amides is 1. The summed E-state index contributed by atoms with van der Waals surface area (Å²) in [5.41, 5.74) is 0.303. The van der Waals surface area contributed by atoms with Crippen LogP contribution in [0.4, 0.5) is 0 Å². The van der Waals surface area contributed by atoms with Crippen LogP contribution in [0.15, 0.2) is 0 Å². The van der Waals surface area contributed by atoms with Crippen molar-refractivity contribution in [3.05, 3.63) is 0 Å². The van der Waals surface area contributed by atoms with Gasteiger partial charge in [-0.1, -0.05) is 6.42 Å². The number of piperidine rings is 3. The van der Waals surface area contributed by atoms with Crippen molar-refractivity contribution in [1.82, 2.24) is 15.1 Å². The van der Waals surface area contributed by atoms with Crippen molar-refractivity contribution in [3.8, 4) is 0 Å². The van der Waals surface area contributed by atoms with Gasteiger partial charge in [0.1, 0.15) is 0 Å². The first-order chi connectivity index (χ1) is 10.7. The number of rotatable bonds is 2. The average Bonchev–Trinajstić information content (AvgIpc) is 2.91. The van der Waals surface area contributed by atoms with Crippen molar-refractivity contribution in [3.63, 3.8) is 0 Å². The minimum absolute atomic E-state index is 0.276. The standard InChI is InChI=1S/C18H31N3O/c22-17-12-18(14-19-17)6-10-20(11-7-18)13-15-4-3-9-21-8-2-1-5-16(15)21/h15-16H,1-14H2,(H,19,22)/t15-,16+/m0/s1. The van der Waals surface area contributed by atoms with Gasteiger partial charge in [0, 0.05) is 25.6 Å². The Kier molecular flexibility index (Phi) is 4.16. The van der Waals surface area contributed by atoms with Crippen LogP contribution >= 0.6 is 0 Å². The summed E-state index contributed by atoms with van der Waals surface area (Å²) in [5, 5.41) is 3.05. The molecule has 0 aromatic carbocycles. The molecule has 0 bridgehead atoms. The minimum Gasteiger partial charge on any atom is -0.356 e. The van der Waals surface area contributed by atoms with Crippen molar-refractivity contribution in [2.45, 2.75) is 57.4 Å². The first-order valence-electron chi connectivity index (χ1n) is 9.47. The smallest absolute Gasteiger partial charge is 0.220 e. The maximum Gasteiger partial charge on any atom is 0.220 e. The Balaban J connectivity index is 1.31. The maximum absolute atomic E-state index is 11.5. The fraction of sp³-hybridized carbons (Fsp3) is 0.944. The molecule has 2 atom stereocenters. The van der Waals surface area contributed by atoms with Crippen LogP contribution in [0.1, 0.15) is 51.4 Å². The first-order valence-corrected chi connectivity index (χ1v) is 9.47. The van der Waals surface area contributed by atoms with Gasteiger partial charge in [0.15, 0.2) is 0 Å². The Morgan fingerprint density at radius 2 is 1.86 bits per heavy atom. The number of nitrogens with one attached hydrogen (secondary N) is 1. The SMILES string of the molecule is O=C1CC2(CCN(C[C@@H]3CCCN4CCCC[C@H]34)CC2)CN1. The normalized spacial score (nSPS) is 36.3. The fourth-order valence-electron chi connectivity index (χ4n) is 5.44. The quantitative estimate of drug-likeness (QED) is 0.846. The van der Waals surface area contributed by atoms with Crippen LogP contribution in [0.3, 0.4) is 0 Å². The molecule has 124 valence electrons. The predicted octanol–water partition coefficient (Wildman–Crippen LogP) is 1.85. The number of hydrogen-bond donors (Lipinski definition) is 1. The van der Waals surface area contributed by atoms with Gasteiger partial charge in [-0.15, -0.1) is 0 Å². The summed E-state index contributed by atoms with van der Waals surface area (Å²) in [7, 11) is 0. The highest BCUT2D eigenvalue weighted by Gasteiger charge is 2.42.